The lowest BCUT2D eigenvalue weighted by Crippen LogP contribution is -2.06. The van der Waals surface area contributed by atoms with Gasteiger partial charge in [-0.1, -0.05) is 17.7 Å². The van der Waals surface area contributed by atoms with Gasteiger partial charge in [0.15, 0.2) is 4.47 Å². The van der Waals surface area contributed by atoms with Gasteiger partial charge in [0.1, 0.15) is 5.75 Å². The van der Waals surface area contributed by atoms with Gasteiger partial charge in [0, 0.05) is 22.8 Å². The number of aromatic nitrogens is 1. The molecule has 0 amide bonds. The first-order valence-corrected chi connectivity index (χ1v) is 6.94. The van der Waals surface area contributed by atoms with Gasteiger partial charge < -0.3 is 10.1 Å². The molecule has 2 aromatic rings. The number of rotatable bonds is 5. The molecule has 2 rings (SSSR count). The van der Waals surface area contributed by atoms with Crippen molar-refractivity contribution in [3.8, 4) is 5.75 Å². The molecule has 96 valence electrons. The van der Waals surface area contributed by atoms with E-state index in [1.165, 1.54) is 11.3 Å². The van der Waals surface area contributed by atoms with Gasteiger partial charge >= 0.3 is 0 Å². The van der Waals surface area contributed by atoms with Gasteiger partial charge in [-0.3, -0.25) is 0 Å². The Balaban J connectivity index is 1.96. The monoisotopic (exact) mass is 282 g/mol. The van der Waals surface area contributed by atoms with Crippen molar-refractivity contribution in [2.75, 3.05) is 5.32 Å². The number of anilines is 1. The van der Waals surface area contributed by atoms with E-state index in [2.05, 4.69) is 10.3 Å². The highest BCUT2D eigenvalue weighted by molar-refractivity contribution is 7.15. The molecule has 1 aromatic carbocycles. The third kappa shape index (κ3) is 3.89. The van der Waals surface area contributed by atoms with E-state index in [0.717, 1.165) is 22.9 Å². The fraction of sp³-hybridized carbons (Fsp3) is 0.308. The molecule has 0 bridgehead atoms. The van der Waals surface area contributed by atoms with E-state index in [1.807, 2.05) is 38.1 Å². The molecule has 5 heteroatoms. The fourth-order valence-electron chi connectivity index (χ4n) is 1.51. The van der Waals surface area contributed by atoms with E-state index in [0.29, 0.717) is 4.47 Å². The van der Waals surface area contributed by atoms with Crippen molar-refractivity contribution in [3.05, 3.63) is 39.8 Å². The molecule has 18 heavy (non-hydrogen) atoms. The molecule has 0 spiro atoms. The Bertz CT molecular complexity index is 513. The molecule has 0 atom stereocenters. The van der Waals surface area contributed by atoms with Crippen molar-refractivity contribution in [2.45, 2.75) is 26.5 Å². The second kappa shape index (κ2) is 6.07. The first-order valence-electron chi connectivity index (χ1n) is 5.74. The summed E-state index contributed by atoms with van der Waals surface area (Å²) in [6, 6.07) is 7.92. The molecule has 0 saturated heterocycles. The molecule has 3 nitrogen and oxygen atoms in total. The van der Waals surface area contributed by atoms with Crippen LogP contribution >= 0.6 is 22.9 Å². The van der Waals surface area contributed by atoms with Gasteiger partial charge in [-0.15, -0.1) is 11.3 Å². The van der Waals surface area contributed by atoms with Gasteiger partial charge in [-0.05, 0) is 26.0 Å². The number of thiazole rings is 1. The quantitative estimate of drug-likeness (QED) is 0.893. The molecule has 0 aliphatic carbocycles. The summed E-state index contributed by atoms with van der Waals surface area (Å²) in [6.45, 7) is 4.74. The van der Waals surface area contributed by atoms with Crippen LogP contribution < -0.4 is 10.1 Å². The summed E-state index contributed by atoms with van der Waals surface area (Å²) >= 11 is 7.27. The zero-order valence-electron chi connectivity index (χ0n) is 10.3. The van der Waals surface area contributed by atoms with Crippen LogP contribution in [-0.4, -0.2) is 11.1 Å². The smallest absolute Gasteiger partial charge is 0.183 e. The number of halogens is 1. The Hall–Kier alpha value is -1.26. The summed E-state index contributed by atoms with van der Waals surface area (Å²) in [5.41, 5.74) is 1.03. The summed E-state index contributed by atoms with van der Waals surface area (Å²) < 4.78 is 6.21. The van der Waals surface area contributed by atoms with Crippen LogP contribution in [0.1, 0.15) is 18.7 Å². The molecular formula is C13H15ClN2OS. The molecule has 0 unspecified atom stereocenters. The molecular weight excluding hydrogens is 268 g/mol. The Labute approximate surface area is 116 Å². The largest absolute Gasteiger partial charge is 0.491 e. The van der Waals surface area contributed by atoms with Gasteiger partial charge in [-0.2, -0.15) is 0 Å². The lowest BCUT2D eigenvalue weighted by Gasteiger charge is -2.11. The van der Waals surface area contributed by atoms with E-state index in [1.54, 1.807) is 6.20 Å². The first-order chi connectivity index (χ1) is 8.63. The number of nitrogens with one attached hydrogen (secondary N) is 1. The van der Waals surface area contributed by atoms with Crippen LogP contribution in [0.2, 0.25) is 4.47 Å². The van der Waals surface area contributed by atoms with Crippen LogP contribution in [0.25, 0.3) is 0 Å². The van der Waals surface area contributed by atoms with Crippen LogP contribution in [0.15, 0.2) is 30.5 Å². The molecule has 0 aliphatic heterocycles. The number of hydrogen-bond acceptors (Lipinski definition) is 4. The lowest BCUT2D eigenvalue weighted by molar-refractivity contribution is 0.242. The van der Waals surface area contributed by atoms with Crippen molar-refractivity contribution in [1.29, 1.82) is 0 Å². The summed E-state index contributed by atoms with van der Waals surface area (Å²) in [6.07, 6.45) is 1.97. The van der Waals surface area contributed by atoms with Crippen LogP contribution in [0.5, 0.6) is 5.75 Å². The Morgan fingerprint density at radius 1 is 1.44 bits per heavy atom. The van der Waals surface area contributed by atoms with Gasteiger partial charge in [-0.25, -0.2) is 4.98 Å². The van der Waals surface area contributed by atoms with Gasteiger partial charge in [0.05, 0.1) is 12.6 Å². The molecule has 1 heterocycles. The topological polar surface area (TPSA) is 34.1 Å². The predicted molar refractivity (Wildman–Crippen MR) is 76.7 cm³/mol. The normalized spacial score (nSPS) is 10.7. The SMILES string of the molecule is CC(C)Oc1cccc(NCc2cnc(Cl)s2)c1. The Morgan fingerprint density at radius 2 is 2.28 bits per heavy atom. The van der Waals surface area contributed by atoms with Crippen molar-refractivity contribution >= 4 is 28.6 Å². The minimum Gasteiger partial charge on any atom is -0.491 e. The molecule has 0 radical (unpaired) electrons. The van der Waals surface area contributed by atoms with Crippen LogP contribution in [0.4, 0.5) is 5.69 Å². The standard InChI is InChI=1S/C13H15ClN2OS/c1-9(2)17-11-5-3-4-10(6-11)15-7-12-8-16-13(14)18-12/h3-6,8-9,15H,7H2,1-2H3. The van der Waals surface area contributed by atoms with Gasteiger partial charge in [0.2, 0.25) is 0 Å². The van der Waals surface area contributed by atoms with Crippen molar-refractivity contribution in [3.63, 3.8) is 0 Å². The first kappa shape index (κ1) is 13.2. The van der Waals surface area contributed by atoms with Crippen molar-refractivity contribution in [1.82, 2.24) is 4.98 Å². The average Bonchev–Trinajstić information content (AvgIpc) is 2.72. The zero-order valence-corrected chi connectivity index (χ0v) is 11.9. The number of benzene rings is 1. The maximum absolute atomic E-state index is 5.78. The zero-order chi connectivity index (χ0) is 13.0. The lowest BCUT2D eigenvalue weighted by atomic mass is 10.3. The summed E-state index contributed by atoms with van der Waals surface area (Å²) in [5, 5.41) is 3.32. The average molecular weight is 283 g/mol. The van der Waals surface area contributed by atoms with E-state index in [-0.39, 0.29) is 6.10 Å². The molecule has 0 aliphatic rings. The Morgan fingerprint density at radius 3 is 2.94 bits per heavy atom. The molecule has 1 aromatic heterocycles. The summed E-state index contributed by atoms with van der Waals surface area (Å²) in [4.78, 5) is 5.11. The maximum Gasteiger partial charge on any atom is 0.183 e. The maximum atomic E-state index is 5.78. The third-order valence-electron chi connectivity index (χ3n) is 2.20. The molecule has 0 fully saturated rings. The Kier molecular flexibility index (Phi) is 4.44. The second-order valence-corrected chi connectivity index (χ2v) is 5.82. The number of hydrogen-bond donors (Lipinski definition) is 1. The van der Waals surface area contributed by atoms with Gasteiger partial charge in [0.25, 0.3) is 0 Å². The second-order valence-electron chi connectivity index (χ2n) is 4.13. The number of ether oxygens (including phenoxy) is 1. The highest BCUT2D eigenvalue weighted by atomic mass is 35.5. The predicted octanol–water partition coefficient (Wildman–Crippen LogP) is 4.20. The number of nitrogens with zero attached hydrogens (tertiary/aromatic N) is 1. The minimum atomic E-state index is 0.181. The summed E-state index contributed by atoms with van der Waals surface area (Å²) in [5.74, 6) is 0.873. The van der Waals surface area contributed by atoms with Crippen molar-refractivity contribution < 1.29 is 4.74 Å². The van der Waals surface area contributed by atoms with E-state index in [4.69, 9.17) is 16.3 Å². The fourth-order valence-corrected chi connectivity index (χ4v) is 2.42. The van der Waals surface area contributed by atoms with E-state index >= 15 is 0 Å². The van der Waals surface area contributed by atoms with Crippen LogP contribution in [0, 0.1) is 0 Å². The van der Waals surface area contributed by atoms with Crippen LogP contribution in [0.3, 0.4) is 0 Å². The highest BCUT2D eigenvalue weighted by Gasteiger charge is 2.01. The summed E-state index contributed by atoms with van der Waals surface area (Å²) in [7, 11) is 0. The molecule has 1 N–H and O–H groups in total. The van der Waals surface area contributed by atoms with Crippen molar-refractivity contribution in [2.24, 2.45) is 0 Å². The van der Waals surface area contributed by atoms with E-state index < -0.39 is 0 Å². The van der Waals surface area contributed by atoms with Crippen LogP contribution in [-0.2, 0) is 6.54 Å². The highest BCUT2D eigenvalue weighted by Crippen LogP contribution is 2.21. The third-order valence-corrected chi connectivity index (χ3v) is 3.31. The van der Waals surface area contributed by atoms with E-state index in [9.17, 15) is 0 Å². The minimum absolute atomic E-state index is 0.181. The molecule has 0 saturated carbocycles.